The maximum absolute atomic E-state index is 5.52. The van der Waals surface area contributed by atoms with Crippen molar-refractivity contribution in [1.82, 2.24) is 20.2 Å². The molecule has 2 heterocycles. The van der Waals surface area contributed by atoms with Gasteiger partial charge in [-0.1, -0.05) is 0 Å². The van der Waals surface area contributed by atoms with E-state index >= 15 is 0 Å². The zero-order valence-corrected chi connectivity index (χ0v) is 15.1. The lowest BCUT2D eigenvalue weighted by Crippen LogP contribution is -2.36. The maximum Gasteiger partial charge on any atom is 0.214 e. The Hall–Kier alpha value is -1.51. The molecule has 0 bridgehead atoms. The van der Waals surface area contributed by atoms with Crippen LogP contribution in [-0.2, 0) is 20.1 Å². The quantitative estimate of drug-likeness (QED) is 0.466. The highest BCUT2D eigenvalue weighted by atomic mass is 127. The van der Waals surface area contributed by atoms with Crippen molar-refractivity contribution in [3.05, 3.63) is 41.4 Å². The second-order valence-electron chi connectivity index (χ2n) is 4.71. The van der Waals surface area contributed by atoms with Crippen LogP contribution in [-0.4, -0.2) is 22.6 Å². The summed E-state index contributed by atoms with van der Waals surface area (Å²) in [5, 5.41) is 6.43. The van der Waals surface area contributed by atoms with Crippen molar-refractivity contribution in [1.29, 1.82) is 0 Å². The van der Waals surface area contributed by atoms with Gasteiger partial charge in [-0.05, 0) is 25.5 Å². The first-order valence-corrected chi connectivity index (χ1v) is 6.56. The zero-order valence-electron chi connectivity index (χ0n) is 12.8. The minimum atomic E-state index is 0. The first-order valence-electron chi connectivity index (χ1n) is 6.56. The minimum absolute atomic E-state index is 0. The molecule has 0 unspecified atom stereocenters. The summed E-state index contributed by atoms with van der Waals surface area (Å²) in [6.45, 7) is 5.09. The predicted octanol–water partition coefficient (Wildman–Crippen LogP) is 2.11. The van der Waals surface area contributed by atoms with Gasteiger partial charge in [-0.25, -0.2) is 4.98 Å². The van der Waals surface area contributed by atoms with E-state index in [4.69, 9.17) is 4.42 Å². The lowest BCUT2D eigenvalue weighted by Gasteiger charge is -2.09. The average Bonchev–Trinajstić information content (AvgIpc) is 2.97. The number of halogens is 1. The standard InChI is InChI=1S/C14H21N5O.HI/c1-10-11(2)20-13(18-10)8-17-14(15-3)16-7-12-5-6-19(4)9-12;/h5-6,9H,7-8H2,1-4H3,(H2,15,16,17);1H. The molecule has 0 aliphatic carbocycles. The van der Waals surface area contributed by atoms with E-state index in [1.54, 1.807) is 7.05 Å². The molecule has 0 atom stereocenters. The van der Waals surface area contributed by atoms with Gasteiger partial charge in [-0.15, -0.1) is 24.0 Å². The highest BCUT2D eigenvalue weighted by Gasteiger charge is 2.06. The van der Waals surface area contributed by atoms with E-state index in [-0.39, 0.29) is 24.0 Å². The highest BCUT2D eigenvalue weighted by molar-refractivity contribution is 14.0. The SMILES string of the molecule is CN=C(NCc1ccn(C)c1)NCc1nc(C)c(C)o1.I. The van der Waals surface area contributed by atoms with Gasteiger partial charge in [-0.3, -0.25) is 4.99 Å². The van der Waals surface area contributed by atoms with Crippen molar-refractivity contribution in [3.63, 3.8) is 0 Å². The van der Waals surface area contributed by atoms with Crippen molar-refractivity contribution < 1.29 is 4.42 Å². The molecule has 2 N–H and O–H groups in total. The lowest BCUT2D eigenvalue weighted by molar-refractivity contribution is 0.463. The molecule has 0 aliphatic heterocycles. The number of hydrogen-bond acceptors (Lipinski definition) is 3. The molecule has 2 rings (SSSR count). The Morgan fingerprint density at radius 1 is 1.33 bits per heavy atom. The smallest absolute Gasteiger partial charge is 0.214 e. The van der Waals surface area contributed by atoms with Gasteiger partial charge in [-0.2, -0.15) is 0 Å². The molecule has 0 aliphatic rings. The van der Waals surface area contributed by atoms with Gasteiger partial charge in [0, 0.05) is 33.0 Å². The third kappa shape index (κ3) is 5.07. The Bertz CT molecular complexity index is 583. The van der Waals surface area contributed by atoms with Crippen LogP contribution in [0, 0.1) is 13.8 Å². The van der Waals surface area contributed by atoms with Gasteiger partial charge in [0.05, 0.1) is 12.2 Å². The molecule has 2 aromatic heterocycles. The molecule has 0 radical (unpaired) electrons. The molecular weight excluding hydrogens is 381 g/mol. The third-order valence-corrected chi connectivity index (χ3v) is 3.06. The molecule has 21 heavy (non-hydrogen) atoms. The fraction of sp³-hybridized carbons (Fsp3) is 0.429. The third-order valence-electron chi connectivity index (χ3n) is 3.06. The highest BCUT2D eigenvalue weighted by Crippen LogP contribution is 2.07. The Kier molecular flexibility index (Phi) is 6.73. The van der Waals surface area contributed by atoms with Crippen LogP contribution in [0.3, 0.4) is 0 Å². The van der Waals surface area contributed by atoms with Crippen LogP contribution in [0.5, 0.6) is 0 Å². The first-order chi connectivity index (χ1) is 9.58. The molecule has 0 spiro atoms. The van der Waals surface area contributed by atoms with Crippen LogP contribution in [0.4, 0.5) is 0 Å². The number of aliphatic imine (C=N–C) groups is 1. The van der Waals surface area contributed by atoms with E-state index in [2.05, 4.69) is 32.9 Å². The van der Waals surface area contributed by atoms with Crippen LogP contribution in [0.2, 0.25) is 0 Å². The second kappa shape index (κ2) is 8.06. The Morgan fingerprint density at radius 3 is 2.57 bits per heavy atom. The number of nitrogens with one attached hydrogen (secondary N) is 2. The summed E-state index contributed by atoms with van der Waals surface area (Å²) in [5.41, 5.74) is 2.13. The predicted molar refractivity (Wildman–Crippen MR) is 93.8 cm³/mol. The first kappa shape index (κ1) is 17.5. The molecule has 0 aromatic carbocycles. The van der Waals surface area contributed by atoms with Crippen LogP contribution < -0.4 is 10.6 Å². The van der Waals surface area contributed by atoms with Gasteiger partial charge >= 0.3 is 0 Å². The maximum atomic E-state index is 5.52. The summed E-state index contributed by atoms with van der Waals surface area (Å²) < 4.78 is 7.53. The van der Waals surface area contributed by atoms with Gasteiger partial charge < -0.3 is 19.6 Å². The summed E-state index contributed by atoms with van der Waals surface area (Å²) >= 11 is 0. The summed E-state index contributed by atoms with van der Waals surface area (Å²) in [6, 6.07) is 2.07. The largest absolute Gasteiger partial charge is 0.444 e. The number of aryl methyl sites for hydroxylation is 3. The molecule has 0 saturated heterocycles. The zero-order chi connectivity index (χ0) is 14.5. The molecule has 6 nitrogen and oxygen atoms in total. The molecule has 0 fully saturated rings. The summed E-state index contributed by atoms with van der Waals surface area (Å²) in [6.07, 6.45) is 4.09. The minimum Gasteiger partial charge on any atom is -0.444 e. The topological polar surface area (TPSA) is 67.4 Å². The number of rotatable bonds is 4. The van der Waals surface area contributed by atoms with Gasteiger partial charge in [0.2, 0.25) is 5.89 Å². The Morgan fingerprint density at radius 2 is 2.05 bits per heavy atom. The molecular formula is C14H22IN5O. The van der Waals surface area contributed by atoms with Crippen molar-refractivity contribution in [2.45, 2.75) is 26.9 Å². The molecule has 0 amide bonds. The van der Waals surface area contributed by atoms with E-state index in [9.17, 15) is 0 Å². The summed E-state index contributed by atoms with van der Waals surface area (Å²) in [7, 11) is 3.75. The average molecular weight is 403 g/mol. The van der Waals surface area contributed by atoms with Crippen LogP contribution in [0.25, 0.3) is 0 Å². The van der Waals surface area contributed by atoms with Gasteiger partial charge in [0.25, 0.3) is 0 Å². The van der Waals surface area contributed by atoms with Crippen LogP contribution >= 0.6 is 24.0 Å². The Balaban J connectivity index is 0.00000220. The molecule has 116 valence electrons. The number of oxazole rings is 1. The molecule has 0 saturated carbocycles. The van der Waals surface area contributed by atoms with Crippen molar-refractivity contribution in [2.75, 3.05) is 7.05 Å². The second-order valence-corrected chi connectivity index (χ2v) is 4.71. The normalized spacial score (nSPS) is 11.1. The van der Waals surface area contributed by atoms with Crippen LogP contribution in [0.15, 0.2) is 27.9 Å². The monoisotopic (exact) mass is 403 g/mol. The fourth-order valence-electron chi connectivity index (χ4n) is 1.85. The summed E-state index contributed by atoms with van der Waals surface area (Å²) in [4.78, 5) is 8.50. The Labute approximate surface area is 142 Å². The van der Waals surface area contributed by atoms with Gasteiger partial charge in [0.1, 0.15) is 5.76 Å². The van der Waals surface area contributed by atoms with Crippen molar-refractivity contribution in [3.8, 4) is 0 Å². The molecule has 7 heteroatoms. The molecule has 2 aromatic rings. The van der Waals surface area contributed by atoms with Crippen molar-refractivity contribution >= 4 is 29.9 Å². The van der Waals surface area contributed by atoms with E-state index in [0.717, 1.165) is 24.0 Å². The van der Waals surface area contributed by atoms with Crippen molar-refractivity contribution in [2.24, 2.45) is 12.0 Å². The number of nitrogens with zero attached hydrogens (tertiary/aromatic N) is 3. The van der Waals surface area contributed by atoms with E-state index in [1.165, 1.54) is 5.56 Å². The fourth-order valence-corrected chi connectivity index (χ4v) is 1.85. The van der Waals surface area contributed by atoms with Crippen LogP contribution in [0.1, 0.15) is 22.9 Å². The van der Waals surface area contributed by atoms with E-state index in [0.29, 0.717) is 12.4 Å². The lowest BCUT2D eigenvalue weighted by atomic mass is 10.3. The number of guanidine groups is 1. The number of aromatic nitrogens is 2. The van der Waals surface area contributed by atoms with E-state index in [1.807, 2.05) is 31.7 Å². The summed E-state index contributed by atoms with van der Waals surface area (Å²) in [5.74, 6) is 2.25. The van der Waals surface area contributed by atoms with E-state index < -0.39 is 0 Å². The number of hydrogen-bond donors (Lipinski definition) is 2. The van der Waals surface area contributed by atoms with Gasteiger partial charge in [0.15, 0.2) is 5.96 Å².